The highest BCUT2D eigenvalue weighted by atomic mass is 16.5. The third kappa shape index (κ3) is 7.58. The summed E-state index contributed by atoms with van der Waals surface area (Å²) in [4.78, 5) is 10.8. The minimum atomic E-state index is -0.179. The standard InChI is InChI=1S/C10H19O2/c1-4-6-10(11)12-8-5-7-9(2)3/h6,9H,4-5,7-8H2,1-3H3. The average molecular weight is 171 g/mol. The summed E-state index contributed by atoms with van der Waals surface area (Å²) in [7, 11) is 0. The molecule has 0 heterocycles. The number of rotatable bonds is 6. The molecule has 0 fully saturated rings. The summed E-state index contributed by atoms with van der Waals surface area (Å²) in [6.07, 6.45) is 4.42. The van der Waals surface area contributed by atoms with Crippen molar-refractivity contribution in [3.63, 3.8) is 0 Å². The summed E-state index contributed by atoms with van der Waals surface area (Å²) in [6.45, 7) is 6.82. The van der Waals surface area contributed by atoms with E-state index < -0.39 is 0 Å². The predicted octanol–water partition coefficient (Wildman–Crippen LogP) is 2.58. The summed E-state index contributed by atoms with van der Waals surface area (Å²) < 4.78 is 4.94. The van der Waals surface area contributed by atoms with Gasteiger partial charge in [-0.05, 0) is 25.2 Å². The van der Waals surface area contributed by atoms with E-state index >= 15 is 0 Å². The lowest BCUT2D eigenvalue weighted by atomic mass is 10.1. The summed E-state index contributed by atoms with van der Waals surface area (Å²) in [6, 6.07) is 0. The van der Waals surface area contributed by atoms with Crippen LogP contribution in [0.5, 0.6) is 0 Å². The van der Waals surface area contributed by atoms with E-state index in [2.05, 4.69) is 13.8 Å². The number of ether oxygens (including phenoxy) is 1. The first-order chi connectivity index (χ1) is 5.66. The van der Waals surface area contributed by atoms with E-state index in [4.69, 9.17) is 4.74 Å². The number of carbonyl (C=O) groups excluding carboxylic acids is 1. The largest absolute Gasteiger partial charge is 0.465 e. The van der Waals surface area contributed by atoms with Gasteiger partial charge in [0.1, 0.15) is 0 Å². The van der Waals surface area contributed by atoms with Gasteiger partial charge in [0.2, 0.25) is 0 Å². The van der Waals surface area contributed by atoms with E-state index in [1.807, 2.05) is 6.92 Å². The maximum Gasteiger partial charge on any atom is 0.309 e. The van der Waals surface area contributed by atoms with Crippen LogP contribution in [0.1, 0.15) is 40.0 Å². The Kier molecular flexibility index (Phi) is 6.82. The van der Waals surface area contributed by atoms with Gasteiger partial charge in [-0.2, -0.15) is 0 Å². The Morgan fingerprint density at radius 2 is 2.17 bits per heavy atom. The van der Waals surface area contributed by atoms with Gasteiger partial charge in [0, 0.05) is 0 Å². The van der Waals surface area contributed by atoms with E-state index in [-0.39, 0.29) is 5.97 Å². The van der Waals surface area contributed by atoms with Gasteiger partial charge in [-0.25, -0.2) is 0 Å². The molecule has 0 aromatic rings. The predicted molar refractivity (Wildman–Crippen MR) is 49.6 cm³/mol. The zero-order valence-electron chi connectivity index (χ0n) is 8.30. The molecule has 0 unspecified atom stereocenters. The SMILES string of the molecule is CC[CH]C(=O)OCCCC(C)C. The van der Waals surface area contributed by atoms with Crippen LogP contribution in [0.2, 0.25) is 0 Å². The van der Waals surface area contributed by atoms with Crippen LogP contribution in [0.15, 0.2) is 0 Å². The molecule has 0 amide bonds. The number of hydrogen-bond acceptors (Lipinski definition) is 2. The highest BCUT2D eigenvalue weighted by Crippen LogP contribution is 2.03. The van der Waals surface area contributed by atoms with Crippen LogP contribution in [0.3, 0.4) is 0 Å². The summed E-state index contributed by atoms with van der Waals surface area (Å²) in [5.74, 6) is 0.514. The summed E-state index contributed by atoms with van der Waals surface area (Å²) in [5, 5.41) is 0. The molecule has 0 spiro atoms. The molecule has 0 aromatic carbocycles. The molecule has 2 heteroatoms. The van der Waals surface area contributed by atoms with Gasteiger partial charge in [0.15, 0.2) is 0 Å². The molecule has 0 bridgehead atoms. The lowest BCUT2D eigenvalue weighted by Gasteiger charge is -2.05. The Bertz CT molecular complexity index is 119. The van der Waals surface area contributed by atoms with Gasteiger partial charge >= 0.3 is 5.97 Å². The fourth-order valence-corrected chi connectivity index (χ4v) is 0.890. The molecular formula is C10H19O2. The normalized spacial score (nSPS) is 10.3. The van der Waals surface area contributed by atoms with Crippen molar-refractivity contribution in [2.24, 2.45) is 5.92 Å². The van der Waals surface area contributed by atoms with Gasteiger partial charge in [0.05, 0.1) is 13.0 Å². The highest BCUT2D eigenvalue weighted by Gasteiger charge is 2.00. The van der Waals surface area contributed by atoms with Crippen molar-refractivity contribution in [1.29, 1.82) is 0 Å². The Morgan fingerprint density at radius 1 is 1.50 bits per heavy atom. The van der Waals surface area contributed by atoms with Crippen LogP contribution in [0.25, 0.3) is 0 Å². The first-order valence-electron chi connectivity index (χ1n) is 4.66. The quantitative estimate of drug-likeness (QED) is 0.453. The van der Waals surface area contributed by atoms with Crippen molar-refractivity contribution >= 4 is 5.97 Å². The van der Waals surface area contributed by atoms with Crippen molar-refractivity contribution < 1.29 is 9.53 Å². The molecule has 0 saturated heterocycles. The zero-order chi connectivity index (χ0) is 9.40. The summed E-state index contributed by atoms with van der Waals surface area (Å²) in [5.41, 5.74) is 0. The molecule has 0 aliphatic carbocycles. The second kappa shape index (κ2) is 7.14. The van der Waals surface area contributed by atoms with E-state index in [0.717, 1.165) is 19.3 Å². The Morgan fingerprint density at radius 3 is 2.67 bits per heavy atom. The Balaban J connectivity index is 3.14. The lowest BCUT2D eigenvalue weighted by Crippen LogP contribution is -2.06. The lowest BCUT2D eigenvalue weighted by molar-refractivity contribution is -0.139. The van der Waals surface area contributed by atoms with Crippen LogP contribution < -0.4 is 0 Å². The molecule has 0 N–H and O–H groups in total. The topological polar surface area (TPSA) is 26.3 Å². The third-order valence-electron chi connectivity index (χ3n) is 1.54. The second-order valence-electron chi connectivity index (χ2n) is 3.32. The first kappa shape index (κ1) is 11.5. The minimum Gasteiger partial charge on any atom is -0.465 e. The molecule has 0 rings (SSSR count). The molecule has 2 nitrogen and oxygen atoms in total. The highest BCUT2D eigenvalue weighted by molar-refractivity contribution is 5.78. The average Bonchev–Trinajstić information content (AvgIpc) is 1.98. The molecular weight excluding hydrogens is 152 g/mol. The van der Waals surface area contributed by atoms with Crippen LogP contribution >= 0.6 is 0 Å². The molecule has 0 atom stereocenters. The molecule has 1 radical (unpaired) electrons. The fraction of sp³-hybridized carbons (Fsp3) is 0.800. The van der Waals surface area contributed by atoms with Crippen molar-refractivity contribution in [2.45, 2.75) is 40.0 Å². The smallest absolute Gasteiger partial charge is 0.309 e. The van der Waals surface area contributed by atoms with E-state index in [9.17, 15) is 4.79 Å². The third-order valence-corrected chi connectivity index (χ3v) is 1.54. The monoisotopic (exact) mass is 171 g/mol. The van der Waals surface area contributed by atoms with Gasteiger partial charge in [-0.15, -0.1) is 0 Å². The fourth-order valence-electron chi connectivity index (χ4n) is 0.890. The van der Waals surface area contributed by atoms with Crippen molar-refractivity contribution in [3.05, 3.63) is 6.42 Å². The minimum absolute atomic E-state index is 0.179. The van der Waals surface area contributed by atoms with Gasteiger partial charge in [-0.3, -0.25) is 4.79 Å². The van der Waals surface area contributed by atoms with Crippen molar-refractivity contribution in [2.75, 3.05) is 6.61 Å². The maximum absolute atomic E-state index is 10.8. The Hall–Kier alpha value is -0.530. The molecule has 0 aliphatic rings. The van der Waals surface area contributed by atoms with Gasteiger partial charge < -0.3 is 4.74 Å². The van der Waals surface area contributed by atoms with E-state index in [1.54, 1.807) is 6.42 Å². The maximum atomic E-state index is 10.8. The molecule has 0 saturated carbocycles. The van der Waals surface area contributed by atoms with Crippen LogP contribution in [-0.2, 0) is 9.53 Å². The number of carbonyl (C=O) groups is 1. The van der Waals surface area contributed by atoms with Crippen LogP contribution in [0, 0.1) is 12.3 Å². The van der Waals surface area contributed by atoms with Crippen molar-refractivity contribution in [1.82, 2.24) is 0 Å². The first-order valence-corrected chi connectivity index (χ1v) is 4.66. The number of esters is 1. The second-order valence-corrected chi connectivity index (χ2v) is 3.32. The molecule has 12 heavy (non-hydrogen) atoms. The molecule has 0 aliphatic heterocycles. The van der Waals surface area contributed by atoms with E-state index in [0.29, 0.717) is 12.5 Å². The molecule has 71 valence electrons. The number of hydrogen-bond donors (Lipinski definition) is 0. The van der Waals surface area contributed by atoms with Gasteiger partial charge in [-0.1, -0.05) is 20.8 Å². The van der Waals surface area contributed by atoms with Crippen molar-refractivity contribution in [3.8, 4) is 0 Å². The van der Waals surface area contributed by atoms with Crippen LogP contribution in [0.4, 0.5) is 0 Å². The van der Waals surface area contributed by atoms with Gasteiger partial charge in [0.25, 0.3) is 0 Å². The molecule has 0 aromatic heterocycles. The Labute approximate surface area is 75.3 Å². The summed E-state index contributed by atoms with van der Waals surface area (Å²) >= 11 is 0. The zero-order valence-corrected chi connectivity index (χ0v) is 8.30. The van der Waals surface area contributed by atoms with E-state index in [1.165, 1.54) is 0 Å². The van der Waals surface area contributed by atoms with Crippen LogP contribution in [-0.4, -0.2) is 12.6 Å².